The summed E-state index contributed by atoms with van der Waals surface area (Å²) in [4.78, 5) is 14.2. The van der Waals surface area contributed by atoms with E-state index >= 15 is 0 Å². The van der Waals surface area contributed by atoms with E-state index in [9.17, 15) is 13.2 Å². The van der Waals surface area contributed by atoms with Crippen LogP contribution in [0.2, 0.25) is 0 Å². The molecule has 0 amide bonds. The van der Waals surface area contributed by atoms with Crippen LogP contribution in [0.15, 0.2) is 18.3 Å². The predicted molar refractivity (Wildman–Crippen MR) is 63.7 cm³/mol. The molecule has 0 unspecified atom stereocenters. The lowest BCUT2D eigenvalue weighted by Gasteiger charge is -2.08. The third kappa shape index (κ3) is 4.68. The second kappa shape index (κ2) is 6.31. The number of nitrogens with one attached hydrogen (secondary N) is 1. The molecule has 0 radical (unpaired) electrons. The summed E-state index contributed by atoms with van der Waals surface area (Å²) in [5.74, 6) is -1.27. The average molecular weight is 274 g/mol. The maximum atomic E-state index is 11.5. The Hall–Kier alpha value is -1.67. The van der Waals surface area contributed by atoms with Crippen molar-refractivity contribution in [1.82, 2.24) is 9.71 Å². The molecule has 0 fully saturated rings. The molecule has 1 heterocycles. The topological polar surface area (TPSA) is 106 Å². The normalized spacial score (nSPS) is 11.2. The Bertz CT molecular complexity index is 515. The first-order valence-electron chi connectivity index (χ1n) is 5.11. The van der Waals surface area contributed by atoms with E-state index in [1.807, 2.05) is 0 Å². The summed E-state index contributed by atoms with van der Waals surface area (Å²) in [7, 11) is -2.18. The molecule has 2 N–H and O–H groups in total. The summed E-state index contributed by atoms with van der Waals surface area (Å²) in [6, 6.07) is 3.33. The summed E-state index contributed by atoms with van der Waals surface area (Å²) in [6.07, 6.45) is 1.10. The van der Waals surface area contributed by atoms with Crippen LogP contribution < -0.4 is 9.46 Å². The van der Waals surface area contributed by atoms with Gasteiger partial charge in [-0.2, -0.15) is 0 Å². The largest absolute Gasteiger partial charge is 0.481 e. The minimum atomic E-state index is -3.61. The van der Waals surface area contributed by atoms with Crippen molar-refractivity contribution in [2.45, 2.75) is 13.0 Å². The number of methoxy groups -OCH3 is 1. The van der Waals surface area contributed by atoms with Gasteiger partial charge in [-0.3, -0.25) is 4.79 Å². The van der Waals surface area contributed by atoms with Gasteiger partial charge >= 0.3 is 5.97 Å². The number of hydrogen-bond acceptors (Lipinski definition) is 5. The maximum Gasteiger partial charge on any atom is 0.304 e. The Morgan fingerprint density at radius 3 is 2.89 bits per heavy atom. The minimum absolute atomic E-state index is 0.0129. The summed E-state index contributed by atoms with van der Waals surface area (Å²) >= 11 is 0. The van der Waals surface area contributed by atoms with E-state index in [1.165, 1.54) is 13.3 Å². The van der Waals surface area contributed by atoms with E-state index in [1.54, 1.807) is 12.1 Å². The lowest BCUT2D eigenvalue weighted by atomic mass is 10.3. The Balaban J connectivity index is 2.61. The van der Waals surface area contributed by atoms with Crippen molar-refractivity contribution in [2.24, 2.45) is 0 Å². The Morgan fingerprint density at radius 1 is 1.56 bits per heavy atom. The van der Waals surface area contributed by atoms with Gasteiger partial charge in [0.05, 0.1) is 19.3 Å². The maximum absolute atomic E-state index is 11.5. The van der Waals surface area contributed by atoms with Crippen LogP contribution in [0.25, 0.3) is 0 Å². The van der Waals surface area contributed by atoms with E-state index < -0.39 is 28.2 Å². The fraction of sp³-hybridized carbons (Fsp3) is 0.400. The molecule has 100 valence electrons. The fourth-order valence-electron chi connectivity index (χ4n) is 1.22. The highest BCUT2D eigenvalue weighted by Crippen LogP contribution is 2.13. The van der Waals surface area contributed by atoms with Crippen LogP contribution in [0.4, 0.5) is 0 Å². The molecule has 0 aliphatic heterocycles. The van der Waals surface area contributed by atoms with Crippen LogP contribution in [0.3, 0.4) is 0 Å². The van der Waals surface area contributed by atoms with Crippen LogP contribution in [-0.4, -0.2) is 37.3 Å². The number of sulfonamides is 1. The highest BCUT2D eigenvalue weighted by molar-refractivity contribution is 7.89. The van der Waals surface area contributed by atoms with Gasteiger partial charge in [-0.25, -0.2) is 18.1 Å². The molecule has 7 nitrogen and oxygen atoms in total. The van der Waals surface area contributed by atoms with Crippen LogP contribution >= 0.6 is 0 Å². The van der Waals surface area contributed by atoms with E-state index in [0.29, 0.717) is 11.4 Å². The quantitative estimate of drug-likeness (QED) is 0.724. The molecule has 0 bridgehead atoms. The molecular weight excluding hydrogens is 260 g/mol. The molecule has 0 aliphatic carbocycles. The molecule has 0 atom stereocenters. The monoisotopic (exact) mass is 274 g/mol. The highest BCUT2D eigenvalue weighted by atomic mass is 32.2. The number of ether oxygens (including phenoxy) is 1. The van der Waals surface area contributed by atoms with Crippen LogP contribution in [-0.2, 0) is 21.4 Å². The van der Waals surface area contributed by atoms with Crippen molar-refractivity contribution in [1.29, 1.82) is 0 Å². The van der Waals surface area contributed by atoms with Crippen molar-refractivity contribution in [3.63, 3.8) is 0 Å². The van der Waals surface area contributed by atoms with Gasteiger partial charge in [0.15, 0.2) is 0 Å². The number of aromatic nitrogens is 1. The SMILES string of the molecule is COc1ncccc1CNS(=O)(=O)CCC(=O)O. The van der Waals surface area contributed by atoms with Gasteiger partial charge in [0.25, 0.3) is 0 Å². The third-order valence-corrected chi connectivity index (χ3v) is 3.44. The first kappa shape index (κ1) is 14.4. The molecule has 0 saturated carbocycles. The summed E-state index contributed by atoms with van der Waals surface area (Å²) < 4.78 is 30.2. The first-order valence-corrected chi connectivity index (χ1v) is 6.77. The predicted octanol–water partition coefficient (Wildman–Crippen LogP) is -0.0157. The zero-order valence-corrected chi connectivity index (χ0v) is 10.6. The second-order valence-corrected chi connectivity index (χ2v) is 5.38. The molecule has 0 saturated heterocycles. The number of pyridine rings is 1. The van der Waals surface area contributed by atoms with Crippen molar-refractivity contribution < 1.29 is 23.1 Å². The number of nitrogens with zero attached hydrogens (tertiary/aromatic N) is 1. The van der Waals surface area contributed by atoms with E-state index in [-0.39, 0.29) is 6.54 Å². The number of carbonyl (C=O) groups is 1. The Morgan fingerprint density at radius 2 is 2.28 bits per heavy atom. The summed E-state index contributed by atoms with van der Waals surface area (Å²) in [5.41, 5.74) is 0.582. The van der Waals surface area contributed by atoms with Gasteiger partial charge in [0.1, 0.15) is 0 Å². The van der Waals surface area contributed by atoms with Gasteiger partial charge in [-0.05, 0) is 6.07 Å². The third-order valence-electron chi connectivity index (χ3n) is 2.11. The summed E-state index contributed by atoms with van der Waals surface area (Å²) in [6.45, 7) is 0.0129. The van der Waals surface area contributed by atoms with Crippen molar-refractivity contribution in [3.05, 3.63) is 23.9 Å². The molecule has 0 aliphatic rings. The number of carboxylic acids is 1. The summed E-state index contributed by atoms with van der Waals surface area (Å²) in [5, 5.41) is 8.42. The molecular formula is C10H14N2O5S. The standard InChI is InChI=1S/C10H14N2O5S/c1-17-10-8(3-2-5-11-10)7-12-18(15,16)6-4-9(13)14/h2-3,5,12H,4,6-7H2,1H3,(H,13,14). The number of hydrogen-bond donors (Lipinski definition) is 2. The van der Waals surface area contributed by atoms with Gasteiger partial charge < -0.3 is 9.84 Å². The molecule has 0 aromatic carbocycles. The van der Waals surface area contributed by atoms with Gasteiger partial charge in [0.2, 0.25) is 15.9 Å². The van der Waals surface area contributed by atoms with Crippen molar-refractivity contribution in [3.8, 4) is 5.88 Å². The second-order valence-electron chi connectivity index (χ2n) is 3.46. The minimum Gasteiger partial charge on any atom is -0.481 e. The molecule has 18 heavy (non-hydrogen) atoms. The zero-order valence-electron chi connectivity index (χ0n) is 9.79. The molecule has 1 rings (SSSR count). The van der Waals surface area contributed by atoms with Crippen molar-refractivity contribution in [2.75, 3.05) is 12.9 Å². The highest BCUT2D eigenvalue weighted by Gasteiger charge is 2.13. The lowest BCUT2D eigenvalue weighted by molar-refractivity contribution is -0.136. The molecule has 1 aromatic heterocycles. The van der Waals surface area contributed by atoms with Crippen LogP contribution in [0, 0.1) is 0 Å². The zero-order chi connectivity index (χ0) is 13.6. The fourth-order valence-corrected chi connectivity index (χ4v) is 2.19. The molecule has 0 spiro atoms. The number of carboxylic acid groups (broad SMARTS) is 1. The molecule has 1 aromatic rings. The van der Waals surface area contributed by atoms with Crippen molar-refractivity contribution >= 4 is 16.0 Å². The van der Waals surface area contributed by atoms with E-state index in [2.05, 4.69) is 9.71 Å². The lowest BCUT2D eigenvalue weighted by Crippen LogP contribution is -2.27. The Labute approximate surface area is 105 Å². The van der Waals surface area contributed by atoms with Crippen LogP contribution in [0.5, 0.6) is 5.88 Å². The number of aliphatic carboxylic acids is 1. The van der Waals surface area contributed by atoms with E-state index in [4.69, 9.17) is 9.84 Å². The van der Waals surface area contributed by atoms with E-state index in [0.717, 1.165) is 0 Å². The van der Waals surface area contributed by atoms with Crippen LogP contribution in [0.1, 0.15) is 12.0 Å². The Kier molecular flexibility index (Phi) is 5.05. The number of rotatable bonds is 7. The first-order chi connectivity index (χ1) is 8.44. The molecule has 8 heteroatoms. The van der Waals surface area contributed by atoms with Gasteiger partial charge in [-0.1, -0.05) is 6.07 Å². The average Bonchev–Trinajstić information content (AvgIpc) is 2.34. The van der Waals surface area contributed by atoms with Gasteiger partial charge in [-0.15, -0.1) is 0 Å². The van der Waals surface area contributed by atoms with Gasteiger partial charge in [0, 0.05) is 18.3 Å². The smallest absolute Gasteiger partial charge is 0.304 e.